The quantitative estimate of drug-likeness (QED) is 0.608. The molecule has 0 radical (unpaired) electrons. The monoisotopic (exact) mass is 211 g/mol. The van der Waals surface area contributed by atoms with Crippen LogP contribution in [0.2, 0.25) is 0 Å². The second-order valence-corrected chi connectivity index (χ2v) is 4.31. The van der Waals surface area contributed by atoms with Crippen molar-refractivity contribution < 1.29 is 9.47 Å². The molecule has 0 aliphatic heterocycles. The Morgan fingerprint density at radius 3 is 2.53 bits per heavy atom. The summed E-state index contributed by atoms with van der Waals surface area (Å²) in [5.74, 6) is 0. The van der Waals surface area contributed by atoms with Crippen LogP contribution in [-0.2, 0) is 9.47 Å². The van der Waals surface area contributed by atoms with Gasteiger partial charge >= 0.3 is 0 Å². The van der Waals surface area contributed by atoms with Crippen molar-refractivity contribution in [3.8, 4) is 6.07 Å². The largest absolute Gasteiger partial charge is 0.382 e. The van der Waals surface area contributed by atoms with E-state index in [4.69, 9.17) is 14.7 Å². The third-order valence-electron chi connectivity index (χ3n) is 3.17. The smallest absolute Gasteiger partial charge is 0.0700 e. The molecule has 0 spiro atoms. The second kappa shape index (κ2) is 6.81. The Kier molecular flexibility index (Phi) is 5.67. The fraction of sp³-hybridized carbons (Fsp3) is 0.917. The fourth-order valence-electron chi connectivity index (χ4n) is 2.23. The molecule has 15 heavy (non-hydrogen) atoms. The van der Waals surface area contributed by atoms with Crippen LogP contribution >= 0.6 is 0 Å². The average Bonchev–Trinajstić information content (AvgIpc) is 2.73. The maximum absolute atomic E-state index is 9.15. The molecule has 3 nitrogen and oxygen atoms in total. The SMILES string of the molecule is COCCOCCCC1(C#N)CCCC1. The van der Waals surface area contributed by atoms with Gasteiger partial charge in [-0.05, 0) is 25.7 Å². The van der Waals surface area contributed by atoms with Crippen LogP contribution in [0.25, 0.3) is 0 Å². The van der Waals surface area contributed by atoms with Crippen LogP contribution < -0.4 is 0 Å². The van der Waals surface area contributed by atoms with E-state index in [2.05, 4.69) is 6.07 Å². The van der Waals surface area contributed by atoms with Crippen molar-refractivity contribution in [3.63, 3.8) is 0 Å². The highest BCUT2D eigenvalue weighted by Gasteiger charge is 2.32. The summed E-state index contributed by atoms with van der Waals surface area (Å²) in [6.07, 6.45) is 6.60. The molecule has 0 bridgehead atoms. The number of ether oxygens (including phenoxy) is 2. The van der Waals surface area contributed by atoms with Gasteiger partial charge < -0.3 is 9.47 Å². The Morgan fingerprint density at radius 2 is 1.93 bits per heavy atom. The first-order valence-electron chi connectivity index (χ1n) is 5.81. The lowest BCUT2D eigenvalue weighted by atomic mass is 9.83. The van der Waals surface area contributed by atoms with Crippen LogP contribution in [0.1, 0.15) is 38.5 Å². The summed E-state index contributed by atoms with van der Waals surface area (Å²) in [7, 11) is 1.67. The molecule has 0 N–H and O–H groups in total. The number of hydrogen-bond acceptors (Lipinski definition) is 3. The molecule has 1 aliphatic rings. The number of hydrogen-bond donors (Lipinski definition) is 0. The minimum Gasteiger partial charge on any atom is -0.382 e. The average molecular weight is 211 g/mol. The molecule has 1 fully saturated rings. The summed E-state index contributed by atoms with van der Waals surface area (Å²) >= 11 is 0. The standard InChI is InChI=1S/C12H21NO2/c1-14-9-10-15-8-4-7-12(11-13)5-2-3-6-12/h2-10H2,1H3. The zero-order valence-electron chi connectivity index (χ0n) is 9.63. The number of nitriles is 1. The van der Waals surface area contributed by atoms with Gasteiger partial charge in [-0.3, -0.25) is 0 Å². The molecule has 0 unspecified atom stereocenters. The summed E-state index contributed by atoms with van der Waals surface area (Å²) < 4.78 is 10.3. The molecule has 1 aliphatic carbocycles. The van der Waals surface area contributed by atoms with Crippen LogP contribution in [0.4, 0.5) is 0 Å². The van der Waals surface area contributed by atoms with Gasteiger partial charge in [0.15, 0.2) is 0 Å². The lowest BCUT2D eigenvalue weighted by Crippen LogP contribution is -2.14. The summed E-state index contributed by atoms with van der Waals surface area (Å²) in [6.45, 7) is 2.08. The van der Waals surface area contributed by atoms with Gasteiger partial charge in [-0.1, -0.05) is 12.8 Å². The predicted molar refractivity (Wildman–Crippen MR) is 58.4 cm³/mol. The normalized spacial score (nSPS) is 18.9. The van der Waals surface area contributed by atoms with Crippen molar-refractivity contribution in [1.29, 1.82) is 5.26 Å². The lowest BCUT2D eigenvalue weighted by molar-refractivity contribution is 0.0657. The van der Waals surface area contributed by atoms with Crippen molar-refractivity contribution in [2.24, 2.45) is 5.41 Å². The van der Waals surface area contributed by atoms with E-state index in [-0.39, 0.29) is 5.41 Å². The van der Waals surface area contributed by atoms with Gasteiger partial charge in [0.1, 0.15) is 0 Å². The Balaban J connectivity index is 2.06. The Hall–Kier alpha value is -0.590. The van der Waals surface area contributed by atoms with E-state index < -0.39 is 0 Å². The Morgan fingerprint density at radius 1 is 1.20 bits per heavy atom. The summed E-state index contributed by atoms with van der Waals surface area (Å²) in [4.78, 5) is 0. The maximum atomic E-state index is 9.15. The molecular weight excluding hydrogens is 190 g/mol. The van der Waals surface area contributed by atoms with Gasteiger partial charge in [-0.2, -0.15) is 5.26 Å². The maximum Gasteiger partial charge on any atom is 0.0700 e. The minimum absolute atomic E-state index is 0.0232. The van der Waals surface area contributed by atoms with Crippen molar-refractivity contribution in [3.05, 3.63) is 0 Å². The highest BCUT2D eigenvalue weighted by molar-refractivity contribution is 5.01. The summed E-state index contributed by atoms with van der Waals surface area (Å²) in [5, 5.41) is 9.15. The van der Waals surface area contributed by atoms with Gasteiger partial charge in [0.05, 0.1) is 24.7 Å². The van der Waals surface area contributed by atoms with E-state index in [0.29, 0.717) is 13.2 Å². The third kappa shape index (κ3) is 4.19. The van der Waals surface area contributed by atoms with Gasteiger partial charge in [0, 0.05) is 13.7 Å². The van der Waals surface area contributed by atoms with Crippen LogP contribution in [0.3, 0.4) is 0 Å². The van der Waals surface area contributed by atoms with E-state index in [1.165, 1.54) is 12.8 Å². The number of rotatable bonds is 7. The van der Waals surface area contributed by atoms with Crippen molar-refractivity contribution in [2.75, 3.05) is 26.9 Å². The first-order chi connectivity index (χ1) is 7.33. The van der Waals surface area contributed by atoms with Crippen molar-refractivity contribution in [1.82, 2.24) is 0 Å². The second-order valence-electron chi connectivity index (χ2n) is 4.31. The molecular formula is C12H21NO2. The van der Waals surface area contributed by atoms with Crippen molar-refractivity contribution in [2.45, 2.75) is 38.5 Å². The molecule has 0 amide bonds. The van der Waals surface area contributed by atoms with Gasteiger partial charge in [0.2, 0.25) is 0 Å². The topological polar surface area (TPSA) is 42.2 Å². The van der Waals surface area contributed by atoms with E-state index in [0.717, 1.165) is 32.3 Å². The highest BCUT2D eigenvalue weighted by Crippen LogP contribution is 2.41. The molecule has 0 heterocycles. The van der Waals surface area contributed by atoms with E-state index in [9.17, 15) is 0 Å². The van der Waals surface area contributed by atoms with Gasteiger partial charge in [-0.15, -0.1) is 0 Å². The van der Waals surface area contributed by atoms with E-state index in [1.807, 2.05) is 0 Å². The zero-order chi connectivity index (χ0) is 11.0. The molecule has 1 saturated carbocycles. The lowest BCUT2D eigenvalue weighted by Gasteiger charge is -2.19. The molecule has 3 heteroatoms. The molecule has 86 valence electrons. The molecule has 1 rings (SSSR count). The number of methoxy groups -OCH3 is 1. The van der Waals surface area contributed by atoms with E-state index in [1.54, 1.807) is 7.11 Å². The molecule has 0 atom stereocenters. The minimum atomic E-state index is -0.0232. The fourth-order valence-corrected chi connectivity index (χ4v) is 2.23. The van der Waals surface area contributed by atoms with Crippen LogP contribution in [0.15, 0.2) is 0 Å². The first kappa shape index (κ1) is 12.5. The summed E-state index contributed by atoms with van der Waals surface area (Å²) in [6, 6.07) is 2.50. The van der Waals surface area contributed by atoms with Crippen LogP contribution in [-0.4, -0.2) is 26.9 Å². The van der Waals surface area contributed by atoms with Gasteiger partial charge in [-0.25, -0.2) is 0 Å². The van der Waals surface area contributed by atoms with Crippen LogP contribution in [0.5, 0.6) is 0 Å². The van der Waals surface area contributed by atoms with Crippen LogP contribution in [0, 0.1) is 16.7 Å². The third-order valence-corrected chi connectivity index (χ3v) is 3.17. The zero-order valence-corrected chi connectivity index (χ0v) is 9.63. The molecule has 0 aromatic heterocycles. The summed E-state index contributed by atoms with van der Waals surface area (Å²) in [5.41, 5.74) is -0.0232. The Labute approximate surface area is 92.4 Å². The van der Waals surface area contributed by atoms with E-state index >= 15 is 0 Å². The molecule has 0 aromatic rings. The highest BCUT2D eigenvalue weighted by atomic mass is 16.5. The van der Waals surface area contributed by atoms with Crippen molar-refractivity contribution >= 4 is 0 Å². The molecule has 0 saturated heterocycles. The first-order valence-corrected chi connectivity index (χ1v) is 5.81. The molecule has 0 aromatic carbocycles. The predicted octanol–water partition coefficient (Wildman–Crippen LogP) is 2.51. The Bertz CT molecular complexity index is 204. The van der Waals surface area contributed by atoms with Gasteiger partial charge in [0.25, 0.3) is 0 Å². The number of nitrogens with zero attached hydrogens (tertiary/aromatic N) is 1.